The molecule has 0 saturated carbocycles. The van der Waals surface area contributed by atoms with Gasteiger partial charge in [-0.15, -0.1) is 0 Å². The first-order valence-electron chi connectivity index (χ1n) is 7.12. The minimum atomic E-state index is -0.542. The Hall–Kier alpha value is -1.34. The minimum Gasteiger partial charge on any atom is -0.409 e. The lowest BCUT2D eigenvalue weighted by atomic mass is 9.98. The van der Waals surface area contributed by atoms with Crippen molar-refractivity contribution < 1.29 is 19.8 Å². The molecule has 1 heterocycles. The van der Waals surface area contributed by atoms with Gasteiger partial charge in [-0.25, -0.2) is 0 Å². The normalized spacial score (nSPS) is 19.1. The quantitative estimate of drug-likeness (QED) is 0.267. The van der Waals surface area contributed by atoms with Crippen LogP contribution in [-0.2, 0) is 9.53 Å². The van der Waals surface area contributed by atoms with E-state index in [-0.39, 0.29) is 24.5 Å². The van der Waals surface area contributed by atoms with Crippen molar-refractivity contribution >= 4 is 11.7 Å². The fourth-order valence-electron chi connectivity index (χ4n) is 2.44. The molecule has 1 atom stereocenters. The summed E-state index contributed by atoms with van der Waals surface area (Å²) >= 11 is 0. The highest BCUT2D eigenvalue weighted by Gasteiger charge is 2.30. The van der Waals surface area contributed by atoms with Crippen LogP contribution in [0.2, 0.25) is 0 Å². The molecular formula is C13H25N3O4. The van der Waals surface area contributed by atoms with Crippen LogP contribution in [0.4, 0.5) is 0 Å². The predicted molar refractivity (Wildman–Crippen MR) is 74.4 cm³/mol. The molecule has 1 fully saturated rings. The number of oxime groups is 1. The summed E-state index contributed by atoms with van der Waals surface area (Å²) in [4.78, 5) is 14.1. The molecule has 0 aliphatic carbocycles. The summed E-state index contributed by atoms with van der Waals surface area (Å²) in [5.41, 5.74) is 5.60. The highest BCUT2D eigenvalue weighted by molar-refractivity contribution is 6.02. The fourth-order valence-corrected chi connectivity index (χ4v) is 2.44. The van der Waals surface area contributed by atoms with Gasteiger partial charge in [0.05, 0.1) is 25.2 Å². The minimum absolute atomic E-state index is 0.0151. The fraction of sp³-hybridized carbons (Fsp3) is 0.846. The van der Waals surface area contributed by atoms with Crippen molar-refractivity contribution in [2.45, 2.75) is 38.7 Å². The zero-order valence-corrected chi connectivity index (χ0v) is 12.0. The molecule has 116 valence electrons. The van der Waals surface area contributed by atoms with Crippen LogP contribution in [0.15, 0.2) is 5.16 Å². The number of aliphatic hydroxyl groups is 1. The van der Waals surface area contributed by atoms with Crippen molar-refractivity contribution in [3.63, 3.8) is 0 Å². The molecule has 1 aliphatic heterocycles. The van der Waals surface area contributed by atoms with Gasteiger partial charge >= 0.3 is 0 Å². The Balaban J connectivity index is 2.51. The van der Waals surface area contributed by atoms with E-state index in [9.17, 15) is 4.79 Å². The third kappa shape index (κ3) is 4.64. The van der Waals surface area contributed by atoms with Gasteiger partial charge in [-0.2, -0.15) is 0 Å². The van der Waals surface area contributed by atoms with E-state index in [0.29, 0.717) is 26.1 Å². The van der Waals surface area contributed by atoms with Crippen LogP contribution in [0.5, 0.6) is 0 Å². The van der Waals surface area contributed by atoms with Crippen LogP contribution in [-0.4, -0.2) is 59.4 Å². The van der Waals surface area contributed by atoms with Crippen molar-refractivity contribution in [1.82, 2.24) is 4.90 Å². The number of nitrogens with two attached hydrogens (primary N) is 1. The largest absolute Gasteiger partial charge is 0.409 e. The van der Waals surface area contributed by atoms with Gasteiger partial charge in [0.15, 0.2) is 5.84 Å². The van der Waals surface area contributed by atoms with Crippen LogP contribution in [0.3, 0.4) is 0 Å². The van der Waals surface area contributed by atoms with E-state index in [1.54, 1.807) is 4.90 Å². The lowest BCUT2D eigenvalue weighted by Gasteiger charge is -2.33. The SMILES string of the molecule is CCCC(C(=O)N1CCC(OCCO)CC1)C(N)=NO. The smallest absolute Gasteiger partial charge is 0.233 e. The Bertz CT molecular complexity index is 328. The molecule has 1 unspecified atom stereocenters. The second-order valence-corrected chi connectivity index (χ2v) is 4.99. The number of likely N-dealkylation sites (tertiary alicyclic amines) is 1. The van der Waals surface area contributed by atoms with Crippen LogP contribution in [0.1, 0.15) is 32.6 Å². The zero-order valence-electron chi connectivity index (χ0n) is 12.0. The molecule has 1 aliphatic rings. The molecule has 1 rings (SSSR count). The number of nitrogens with zero attached hydrogens (tertiary/aromatic N) is 2. The van der Waals surface area contributed by atoms with Crippen molar-refractivity contribution in [3.05, 3.63) is 0 Å². The summed E-state index contributed by atoms with van der Waals surface area (Å²) in [7, 11) is 0. The van der Waals surface area contributed by atoms with E-state index in [1.807, 2.05) is 6.92 Å². The summed E-state index contributed by atoms with van der Waals surface area (Å²) in [6.45, 7) is 3.52. The van der Waals surface area contributed by atoms with Gasteiger partial charge in [-0.1, -0.05) is 18.5 Å². The standard InChI is InChI=1S/C13H25N3O4/c1-2-3-11(12(14)15-19)13(18)16-6-4-10(5-7-16)20-9-8-17/h10-11,17,19H,2-9H2,1H3,(H2,14,15). The molecule has 0 aromatic carbocycles. The van der Waals surface area contributed by atoms with Crippen LogP contribution >= 0.6 is 0 Å². The Kier molecular flexibility index (Phi) is 7.32. The maximum atomic E-state index is 12.4. The van der Waals surface area contributed by atoms with E-state index in [0.717, 1.165) is 19.3 Å². The number of piperidine rings is 1. The maximum absolute atomic E-state index is 12.4. The van der Waals surface area contributed by atoms with E-state index >= 15 is 0 Å². The first-order chi connectivity index (χ1) is 9.63. The van der Waals surface area contributed by atoms with Crippen molar-refractivity contribution in [2.24, 2.45) is 16.8 Å². The molecule has 1 saturated heterocycles. The van der Waals surface area contributed by atoms with Crippen molar-refractivity contribution in [1.29, 1.82) is 0 Å². The van der Waals surface area contributed by atoms with Gasteiger partial charge in [0.1, 0.15) is 0 Å². The Morgan fingerprint density at radius 1 is 1.50 bits per heavy atom. The van der Waals surface area contributed by atoms with Gasteiger partial charge in [0.25, 0.3) is 0 Å². The third-order valence-electron chi connectivity index (χ3n) is 3.55. The summed E-state index contributed by atoms with van der Waals surface area (Å²) in [6, 6.07) is 0. The van der Waals surface area contributed by atoms with Gasteiger partial charge in [-0.3, -0.25) is 4.79 Å². The summed E-state index contributed by atoms with van der Waals surface area (Å²) < 4.78 is 5.46. The Morgan fingerprint density at radius 3 is 2.65 bits per heavy atom. The van der Waals surface area contributed by atoms with E-state index in [4.69, 9.17) is 20.8 Å². The second-order valence-electron chi connectivity index (χ2n) is 4.99. The van der Waals surface area contributed by atoms with Crippen LogP contribution < -0.4 is 5.73 Å². The Labute approximate surface area is 119 Å². The molecule has 0 bridgehead atoms. The summed E-state index contributed by atoms with van der Waals surface area (Å²) in [5, 5.41) is 20.5. The number of carbonyl (C=O) groups is 1. The number of hydrogen-bond donors (Lipinski definition) is 3. The molecule has 0 aromatic heterocycles. The van der Waals surface area contributed by atoms with Crippen molar-refractivity contribution in [2.75, 3.05) is 26.3 Å². The number of ether oxygens (including phenoxy) is 1. The lowest BCUT2D eigenvalue weighted by molar-refractivity contribution is -0.136. The van der Waals surface area contributed by atoms with Gasteiger partial charge in [0, 0.05) is 13.1 Å². The molecule has 0 spiro atoms. The van der Waals surface area contributed by atoms with E-state index < -0.39 is 5.92 Å². The number of aliphatic hydroxyl groups excluding tert-OH is 1. The maximum Gasteiger partial charge on any atom is 0.233 e. The molecular weight excluding hydrogens is 262 g/mol. The monoisotopic (exact) mass is 287 g/mol. The van der Waals surface area contributed by atoms with Gasteiger partial charge < -0.3 is 25.7 Å². The average Bonchev–Trinajstić information content (AvgIpc) is 2.49. The number of amides is 1. The average molecular weight is 287 g/mol. The number of amidine groups is 1. The molecule has 7 heteroatoms. The molecule has 4 N–H and O–H groups in total. The van der Waals surface area contributed by atoms with Gasteiger partial charge in [0.2, 0.25) is 5.91 Å². The number of hydrogen-bond acceptors (Lipinski definition) is 5. The van der Waals surface area contributed by atoms with E-state index in [1.165, 1.54) is 0 Å². The molecule has 1 amide bonds. The molecule has 20 heavy (non-hydrogen) atoms. The summed E-state index contributed by atoms with van der Waals surface area (Å²) in [5.74, 6) is -0.641. The highest BCUT2D eigenvalue weighted by Crippen LogP contribution is 2.18. The molecule has 0 aromatic rings. The second kappa shape index (κ2) is 8.76. The first-order valence-corrected chi connectivity index (χ1v) is 7.12. The van der Waals surface area contributed by atoms with Crippen LogP contribution in [0.25, 0.3) is 0 Å². The van der Waals surface area contributed by atoms with Crippen molar-refractivity contribution in [3.8, 4) is 0 Å². The van der Waals surface area contributed by atoms with E-state index in [2.05, 4.69) is 5.16 Å². The lowest BCUT2D eigenvalue weighted by Crippen LogP contribution is -2.46. The number of rotatable bonds is 7. The topological polar surface area (TPSA) is 108 Å². The third-order valence-corrected chi connectivity index (χ3v) is 3.55. The van der Waals surface area contributed by atoms with Gasteiger partial charge in [-0.05, 0) is 19.3 Å². The zero-order chi connectivity index (χ0) is 15.0. The molecule has 0 radical (unpaired) electrons. The predicted octanol–water partition coefficient (Wildman–Crippen LogP) is 0.149. The van der Waals surface area contributed by atoms with Crippen LogP contribution in [0, 0.1) is 5.92 Å². The highest BCUT2D eigenvalue weighted by atomic mass is 16.5. The number of carbonyl (C=O) groups excluding carboxylic acids is 1. The molecule has 7 nitrogen and oxygen atoms in total. The Morgan fingerprint density at radius 2 is 2.15 bits per heavy atom. The first kappa shape index (κ1) is 16.7. The summed E-state index contributed by atoms with van der Waals surface area (Å²) in [6.07, 6.45) is 2.97.